The van der Waals surface area contributed by atoms with Crippen molar-refractivity contribution in [3.8, 4) is 0 Å². The van der Waals surface area contributed by atoms with E-state index in [0.717, 1.165) is 4.47 Å². The van der Waals surface area contributed by atoms with Crippen molar-refractivity contribution in [1.29, 1.82) is 0 Å². The Morgan fingerprint density at radius 2 is 2.00 bits per heavy atom. The summed E-state index contributed by atoms with van der Waals surface area (Å²) < 4.78 is 28.7. The monoisotopic (exact) mass is 330 g/mol. The molecule has 6 nitrogen and oxygen atoms in total. The van der Waals surface area contributed by atoms with Crippen molar-refractivity contribution in [1.82, 2.24) is 19.5 Å². The number of sulfonamides is 1. The number of aryl methyl sites for hydroxylation is 1. The zero-order valence-corrected chi connectivity index (χ0v) is 11.9. The van der Waals surface area contributed by atoms with Crippen LogP contribution in [0.2, 0.25) is 0 Å². The summed E-state index contributed by atoms with van der Waals surface area (Å²) in [4.78, 5) is 4.15. The van der Waals surface area contributed by atoms with Crippen molar-refractivity contribution in [3.05, 3.63) is 40.9 Å². The van der Waals surface area contributed by atoms with Crippen LogP contribution < -0.4 is 4.72 Å². The minimum Gasteiger partial charge on any atom is -0.256 e. The van der Waals surface area contributed by atoms with Crippen LogP contribution in [0.1, 0.15) is 5.82 Å². The van der Waals surface area contributed by atoms with Crippen molar-refractivity contribution >= 4 is 26.0 Å². The lowest BCUT2D eigenvalue weighted by molar-refractivity contribution is 0.578. The van der Waals surface area contributed by atoms with Gasteiger partial charge in [-0.15, -0.1) is 0 Å². The first kappa shape index (κ1) is 13.2. The van der Waals surface area contributed by atoms with Crippen molar-refractivity contribution < 1.29 is 8.42 Å². The standard InChI is InChI=1S/C10H11BrN4O2S/c1-15-7-12-10(14-15)6-13-18(16,17)9-4-2-8(11)3-5-9/h2-5,7,13H,6H2,1H3. The van der Waals surface area contributed by atoms with Crippen LogP contribution >= 0.6 is 15.9 Å². The second kappa shape index (κ2) is 5.17. The van der Waals surface area contributed by atoms with Gasteiger partial charge in [0.05, 0.1) is 11.4 Å². The number of nitrogens with one attached hydrogen (secondary N) is 1. The molecule has 0 saturated carbocycles. The van der Waals surface area contributed by atoms with Gasteiger partial charge in [-0.3, -0.25) is 4.68 Å². The highest BCUT2D eigenvalue weighted by Gasteiger charge is 2.14. The predicted molar refractivity (Wildman–Crippen MR) is 69.2 cm³/mol. The number of aromatic nitrogens is 3. The second-order valence-corrected chi connectivity index (χ2v) is 6.30. The molecule has 1 heterocycles. The molecule has 0 spiro atoms. The van der Waals surface area contributed by atoms with E-state index in [9.17, 15) is 8.42 Å². The van der Waals surface area contributed by atoms with E-state index in [2.05, 4.69) is 30.7 Å². The van der Waals surface area contributed by atoms with Crippen molar-refractivity contribution in [2.45, 2.75) is 11.4 Å². The number of hydrogen-bond acceptors (Lipinski definition) is 4. The van der Waals surface area contributed by atoms with Crippen LogP contribution in [-0.2, 0) is 23.6 Å². The molecule has 1 aromatic carbocycles. The molecule has 0 aliphatic carbocycles. The molecule has 0 aliphatic rings. The highest BCUT2D eigenvalue weighted by atomic mass is 79.9. The van der Waals surface area contributed by atoms with Crippen LogP contribution in [0.15, 0.2) is 40.0 Å². The third-order valence-corrected chi connectivity index (χ3v) is 4.14. The molecule has 0 saturated heterocycles. The van der Waals surface area contributed by atoms with Gasteiger partial charge >= 0.3 is 0 Å². The van der Waals surface area contributed by atoms with Crippen molar-refractivity contribution in [3.63, 3.8) is 0 Å². The van der Waals surface area contributed by atoms with Gasteiger partial charge in [-0.2, -0.15) is 5.10 Å². The summed E-state index contributed by atoms with van der Waals surface area (Å²) in [6.45, 7) is 0.0687. The maximum Gasteiger partial charge on any atom is 0.240 e. The van der Waals surface area contributed by atoms with Gasteiger partial charge in [0, 0.05) is 11.5 Å². The van der Waals surface area contributed by atoms with E-state index < -0.39 is 10.0 Å². The molecule has 1 N–H and O–H groups in total. The van der Waals surface area contributed by atoms with Gasteiger partial charge in [0.25, 0.3) is 0 Å². The van der Waals surface area contributed by atoms with Crippen LogP contribution in [0.3, 0.4) is 0 Å². The summed E-state index contributed by atoms with van der Waals surface area (Å²) in [6.07, 6.45) is 1.52. The molecule has 2 aromatic rings. The van der Waals surface area contributed by atoms with E-state index in [0.29, 0.717) is 5.82 Å². The van der Waals surface area contributed by atoms with Gasteiger partial charge in [0.2, 0.25) is 10.0 Å². The van der Waals surface area contributed by atoms with E-state index in [1.807, 2.05) is 0 Å². The summed E-state index contributed by atoms with van der Waals surface area (Å²) in [5.74, 6) is 0.429. The van der Waals surface area contributed by atoms with E-state index in [1.165, 1.54) is 23.1 Å². The lowest BCUT2D eigenvalue weighted by Crippen LogP contribution is -2.23. The summed E-state index contributed by atoms with van der Waals surface area (Å²) in [6, 6.07) is 6.40. The number of benzene rings is 1. The normalized spacial score (nSPS) is 11.7. The van der Waals surface area contributed by atoms with Gasteiger partial charge in [-0.05, 0) is 24.3 Å². The molecule has 8 heteroatoms. The molecular formula is C10H11BrN4O2S. The molecule has 0 fully saturated rings. The highest BCUT2D eigenvalue weighted by Crippen LogP contribution is 2.14. The fourth-order valence-electron chi connectivity index (χ4n) is 1.32. The van der Waals surface area contributed by atoms with E-state index in [1.54, 1.807) is 19.2 Å². The molecule has 0 atom stereocenters. The van der Waals surface area contributed by atoms with Crippen LogP contribution in [0.25, 0.3) is 0 Å². The smallest absolute Gasteiger partial charge is 0.240 e. The Bertz CT molecular complexity index is 636. The first-order valence-electron chi connectivity index (χ1n) is 5.07. The Kier molecular flexibility index (Phi) is 3.79. The highest BCUT2D eigenvalue weighted by molar-refractivity contribution is 9.10. The van der Waals surface area contributed by atoms with E-state index in [4.69, 9.17) is 0 Å². The molecular weight excluding hydrogens is 320 g/mol. The molecule has 0 amide bonds. The molecule has 0 radical (unpaired) electrons. The fourth-order valence-corrected chi connectivity index (χ4v) is 2.57. The Labute approximate surface area is 113 Å². The predicted octanol–water partition coefficient (Wildman–Crippen LogP) is 1.06. The van der Waals surface area contributed by atoms with Crippen LogP contribution in [0.4, 0.5) is 0 Å². The first-order valence-corrected chi connectivity index (χ1v) is 7.35. The van der Waals surface area contributed by atoms with E-state index >= 15 is 0 Å². The Morgan fingerprint density at radius 1 is 1.33 bits per heavy atom. The Balaban J connectivity index is 2.10. The molecule has 0 unspecified atom stereocenters. The van der Waals surface area contributed by atoms with E-state index in [-0.39, 0.29) is 11.4 Å². The number of halogens is 1. The van der Waals surface area contributed by atoms with Gasteiger partial charge in [-0.1, -0.05) is 15.9 Å². The summed E-state index contributed by atoms with van der Waals surface area (Å²) >= 11 is 3.25. The topological polar surface area (TPSA) is 76.9 Å². The lowest BCUT2D eigenvalue weighted by atomic mass is 10.4. The largest absolute Gasteiger partial charge is 0.256 e. The third kappa shape index (κ3) is 3.15. The number of nitrogens with zero attached hydrogens (tertiary/aromatic N) is 3. The minimum atomic E-state index is -3.53. The fraction of sp³-hybridized carbons (Fsp3) is 0.200. The zero-order valence-electron chi connectivity index (χ0n) is 9.54. The molecule has 1 aromatic heterocycles. The average Bonchev–Trinajstić information content (AvgIpc) is 2.73. The molecule has 18 heavy (non-hydrogen) atoms. The number of hydrogen-bond donors (Lipinski definition) is 1. The summed E-state index contributed by atoms with van der Waals surface area (Å²) in [7, 11) is -1.80. The molecule has 0 aliphatic heterocycles. The maximum atomic E-state index is 11.9. The van der Waals surface area contributed by atoms with Gasteiger partial charge in [0.15, 0.2) is 5.82 Å². The summed E-state index contributed by atoms with van der Waals surface area (Å²) in [5, 5.41) is 3.99. The average molecular weight is 331 g/mol. The van der Waals surface area contributed by atoms with Gasteiger partial charge < -0.3 is 0 Å². The van der Waals surface area contributed by atoms with Crippen LogP contribution in [-0.4, -0.2) is 23.2 Å². The first-order chi connectivity index (χ1) is 8.47. The second-order valence-electron chi connectivity index (χ2n) is 3.61. The molecule has 2 rings (SSSR count). The Morgan fingerprint density at radius 3 is 2.56 bits per heavy atom. The third-order valence-electron chi connectivity index (χ3n) is 2.19. The van der Waals surface area contributed by atoms with Crippen LogP contribution in [0, 0.1) is 0 Å². The SMILES string of the molecule is Cn1cnc(CNS(=O)(=O)c2ccc(Br)cc2)n1. The van der Waals surface area contributed by atoms with Crippen molar-refractivity contribution in [2.75, 3.05) is 0 Å². The van der Waals surface area contributed by atoms with Crippen LogP contribution in [0.5, 0.6) is 0 Å². The summed E-state index contributed by atoms with van der Waals surface area (Å²) in [5.41, 5.74) is 0. The minimum absolute atomic E-state index is 0.0687. The maximum absolute atomic E-state index is 11.9. The quantitative estimate of drug-likeness (QED) is 0.909. The van der Waals surface area contributed by atoms with Gasteiger partial charge in [-0.25, -0.2) is 18.1 Å². The van der Waals surface area contributed by atoms with Gasteiger partial charge in [0.1, 0.15) is 6.33 Å². The van der Waals surface area contributed by atoms with Crippen molar-refractivity contribution in [2.24, 2.45) is 7.05 Å². The Hall–Kier alpha value is -1.25. The zero-order chi connectivity index (χ0) is 13.2. The lowest BCUT2D eigenvalue weighted by Gasteiger charge is -2.04. The molecule has 0 bridgehead atoms. The number of rotatable bonds is 4. The molecule has 96 valence electrons.